The lowest BCUT2D eigenvalue weighted by molar-refractivity contribution is -0.140. The van der Waals surface area contributed by atoms with Crippen LogP contribution in [-0.4, -0.2) is 35.9 Å². The Morgan fingerprint density at radius 2 is 1.77 bits per heavy atom. The van der Waals surface area contributed by atoms with Crippen LogP contribution in [-0.2, 0) is 22.6 Å². The van der Waals surface area contributed by atoms with Gasteiger partial charge in [0.05, 0.1) is 13.5 Å². The zero-order valence-corrected chi connectivity index (χ0v) is 18.9. The predicted octanol–water partition coefficient (Wildman–Crippen LogP) is 4.41. The van der Waals surface area contributed by atoms with Gasteiger partial charge in [-0.3, -0.25) is 9.59 Å². The number of hydrogen-bond acceptors (Lipinski definition) is 3. The number of amides is 2. The van der Waals surface area contributed by atoms with Crippen LogP contribution >= 0.6 is 0 Å². The minimum Gasteiger partial charge on any atom is -0.497 e. The molecule has 0 unspecified atom stereocenters. The molecule has 0 saturated heterocycles. The first-order chi connectivity index (χ1) is 15.0. The molecule has 2 aromatic carbocycles. The van der Waals surface area contributed by atoms with E-state index in [1.54, 1.807) is 12.0 Å². The van der Waals surface area contributed by atoms with Crippen molar-refractivity contribution in [3.8, 4) is 5.75 Å². The van der Waals surface area contributed by atoms with Crippen molar-refractivity contribution in [3.05, 3.63) is 65.2 Å². The van der Waals surface area contributed by atoms with Gasteiger partial charge in [-0.15, -0.1) is 0 Å². The van der Waals surface area contributed by atoms with Gasteiger partial charge >= 0.3 is 0 Å². The lowest BCUT2D eigenvalue weighted by atomic mass is 9.95. The molecular weight excluding hydrogens is 388 g/mol. The van der Waals surface area contributed by atoms with E-state index in [2.05, 4.69) is 11.4 Å². The highest BCUT2D eigenvalue weighted by Gasteiger charge is 2.28. The average molecular weight is 423 g/mol. The van der Waals surface area contributed by atoms with E-state index in [1.165, 1.54) is 6.42 Å². The monoisotopic (exact) mass is 422 g/mol. The summed E-state index contributed by atoms with van der Waals surface area (Å²) >= 11 is 0. The van der Waals surface area contributed by atoms with Crippen LogP contribution in [0.1, 0.15) is 55.7 Å². The molecule has 5 nitrogen and oxygen atoms in total. The van der Waals surface area contributed by atoms with E-state index in [0.717, 1.165) is 48.1 Å². The van der Waals surface area contributed by atoms with Crippen molar-refractivity contribution in [1.82, 2.24) is 10.2 Å². The van der Waals surface area contributed by atoms with Crippen LogP contribution in [0, 0.1) is 6.92 Å². The maximum absolute atomic E-state index is 13.3. The smallest absolute Gasteiger partial charge is 0.242 e. The molecule has 1 aliphatic rings. The minimum atomic E-state index is -0.534. The van der Waals surface area contributed by atoms with Crippen LogP contribution < -0.4 is 10.1 Å². The van der Waals surface area contributed by atoms with Gasteiger partial charge in [-0.1, -0.05) is 61.2 Å². The fourth-order valence-corrected chi connectivity index (χ4v) is 4.18. The highest BCUT2D eigenvalue weighted by atomic mass is 16.5. The molecule has 1 fully saturated rings. The Hall–Kier alpha value is -2.82. The van der Waals surface area contributed by atoms with Crippen LogP contribution in [0.15, 0.2) is 48.5 Å². The fraction of sp³-hybridized carbons (Fsp3) is 0.462. The lowest BCUT2D eigenvalue weighted by Gasteiger charge is -2.31. The molecule has 0 aliphatic heterocycles. The number of hydrogen-bond donors (Lipinski definition) is 1. The first-order valence-corrected chi connectivity index (χ1v) is 11.2. The molecule has 1 saturated carbocycles. The van der Waals surface area contributed by atoms with E-state index in [1.807, 2.05) is 56.3 Å². The summed E-state index contributed by atoms with van der Waals surface area (Å²) in [6.07, 6.45) is 5.84. The molecule has 5 heteroatoms. The highest BCUT2D eigenvalue weighted by Crippen LogP contribution is 2.19. The van der Waals surface area contributed by atoms with E-state index in [9.17, 15) is 9.59 Å². The standard InChI is InChI=1S/C26H34N2O3/c1-19-8-7-9-22(16-19)18-28(20(2)26(30)27-23-10-5-4-6-11-23)25(29)17-21-12-14-24(31-3)15-13-21/h7-9,12-16,20,23H,4-6,10-11,17-18H2,1-3H3,(H,27,30)/t20-/m0/s1. The van der Waals surface area contributed by atoms with Gasteiger partial charge in [0.2, 0.25) is 11.8 Å². The van der Waals surface area contributed by atoms with Crippen LogP contribution in [0.3, 0.4) is 0 Å². The number of aryl methyl sites for hydroxylation is 1. The molecule has 0 aromatic heterocycles. The van der Waals surface area contributed by atoms with Crippen molar-refractivity contribution in [1.29, 1.82) is 0 Å². The van der Waals surface area contributed by atoms with Crippen molar-refractivity contribution in [2.24, 2.45) is 0 Å². The number of nitrogens with one attached hydrogen (secondary N) is 1. The third-order valence-corrected chi connectivity index (χ3v) is 6.07. The van der Waals surface area contributed by atoms with Crippen molar-refractivity contribution in [2.75, 3.05) is 7.11 Å². The summed E-state index contributed by atoms with van der Waals surface area (Å²) in [7, 11) is 1.62. The van der Waals surface area contributed by atoms with Crippen molar-refractivity contribution < 1.29 is 14.3 Å². The summed E-state index contributed by atoms with van der Waals surface area (Å²) in [5.74, 6) is 0.633. The third-order valence-electron chi connectivity index (χ3n) is 6.07. The lowest BCUT2D eigenvalue weighted by Crippen LogP contribution is -2.50. The van der Waals surface area contributed by atoms with Gasteiger partial charge in [-0.05, 0) is 49.9 Å². The molecule has 1 aliphatic carbocycles. The van der Waals surface area contributed by atoms with Crippen molar-refractivity contribution in [3.63, 3.8) is 0 Å². The van der Waals surface area contributed by atoms with Gasteiger partial charge in [-0.25, -0.2) is 0 Å². The SMILES string of the molecule is COc1ccc(CC(=O)N(Cc2cccc(C)c2)[C@@H](C)C(=O)NC2CCCCC2)cc1. The topological polar surface area (TPSA) is 58.6 Å². The molecule has 31 heavy (non-hydrogen) atoms. The molecule has 1 N–H and O–H groups in total. The van der Waals surface area contributed by atoms with Crippen LogP contribution in [0.5, 0.6) is 5.75 Å². The van der Waals surface area contributed by atoms with E-state index in [0.29, 0.717) is 6.54 Å². The van der Waals surface area contributed by atoms with Gasteiger partial charge in [0.1, 0.15) is 11.8 Å². The first kappa shape index (κ1) is 22.9. The largest absolute Gasteiger partial charge is 0.497 e. The molecule has 0 radical (unpaired) electrons. The summed E-state index contributed by atoms with van der Waals surface area (Å²) in [4.78, 5) is 28.0. The number of ether oxygens (including phenoxy) is 1. The molecular formula is C26H34N2O3. The van der Waals surface area contributed by atoms with Crippen molar-refractivity contribution >= 4 is 11.8 Å². The van der Waals surface area contributed by atoms with E-state index in [-0.39, 0.29) is 24.3 Å². The Morgan fingerprint density at radius 3 is 2.42 bits per heavy atom. The molecule has 0 bridgehead atoms. The Bertz CT molecular complexity index is 872. The van der Waals surface area contributed by atoms with Gasteiger partial charge in [0, 0.05) is 12.6 Å². The number of benzene rings is 2. The van der Waals surface area contributed by atoms with Gasteiger partial charge in [0.25, 0.3) is 0 Å². The fourth-order valence-electron chi connectivity index (χ4n) is 4.18. The molecule has 3 rings (SSSR count). The summed E-state index contributed by atoms with van der Waals surface area (Å²) in [6.45, 7) is 4.28. The second kappa shape index (κ2) is 11.0. The Balaban J connectivity index is 1.75. The van der Waals surface area contributed by atoms with E-state index >= 15 is 0 Å². The zero-order chi connectivity index (χ0) is 22.2. The number of rotatable bonds is 8. The predicted molar refractivity (Wildman–Crippen MR) is 123 cm³/mol. The van der Waals surface area contributed by atoms with E-state index < -0.39 is 6.04 Å². The maximum Gasteiger partial charge on any atom is 0.242 e. The molecule has 2 amide bonds. The van der Waals surface area contributed by atoms with Gasteiger partial charge < -0.3 is 15.0 Å². The number of methoxy groups -OCH3 is 1. The number of nitrogens with zero attached hydrogens (tertiary/aromatic N) is 1. The Kier molecular flexibility index (Phi) is 8.10. The number of carbonyl (C=O) groups is 2. The quantitative estimate of drug-likeness (QED) is 0.685. The normalized spacial score (nSPS) is 15.2. The maximum atomic E-state index is 13.3. The van der Waals surface area contributed by atoms with Crippen LogP contribution in [0.4, 0.5) is 0 Å². The van der Waals surface area contributed by atoms with Crippen LogP contribution in [0.25, 0.3) is 0 Å². The summed E-state index contributed by atoms with van der Waals surface area (Å²) in [5.41, 5.74) is 3.07. The van der Waals surface area contributed by atoms with Gasteiger partial charge in [-0.2, -0.15) is 0 Å². The summed E-state index contributed by atoms with van der Waals surface area (Å²) in [6, 6.07) is 15.3. The summed E-state index contributed by atoms with van der Waals surface area (Å²) in [5, 5.41) is 3.18. The average Bonchev–Trinajstić information content (AvgIpc) is 2.78. The molecule has 1 atom stereocenters. The minimum absolute atomic E-state index is 0.0574. The second-order valence-electron chi connectivity index (χ2n) is 8.56. The molecule has 0 heterocycles. The molecule has 0 spiro atoms. The highest BCUT2D eigenvalue weighted by molar-refractivity contribution is 5.88. The van der Waals surface area contributed by atoms with E-state index in [4.69, 9.17) is 4.74 Å². The molecule has 2 aromatic rings. The van der Waals surface area contributed by atoms with Crippen molar-refractivity contribution in [2.45, 2.75) is 71.0 Å². The second-order valence-corrected chi connectivity index (χ2v) is 8.56. The summed E-state index contributed by atoms with van der Waals surface area (Å²) < 4.78 is 5.21. The zero-order valence-electron chi connectivity index (χ0n) is 18.9. The third kappa shape index (κ3) is 6.58. The Morgan fingerprint density at radius 1 is 1.06 bits per heavy atom. The van der Waals surface area contributed by atoms with Crippen LogP contribution in [0.2, 0.25) is 0 Å². The number of carbonyl (C=O) groups excluding carboxylic acids is 2. The first-order valence-electron chi connectivity index (χ1n) is 11.2. The molecule has 166 valence electrons. The Labute approximate surface area is 185 Å². The van der Waals surface area contributed by atoms with Gasteiger partial charge in [0.15, 0.2) is 0 Å².